The number of methoxy groups -OCH3 is 1. The van der Waals surface area contributed by atoms with E-state index < -0.39 is 0 Å². The van der Waals surface area contributed by atoms with E-state index in [-0.39, 0.29) is 11.5 Å². The van der Waals surface area contributed by atoms with Gasteiger partial charge in [0.15, 0.2) is 0 Å². The SMILES string of the molecule is COc1cccc2c1N(C(=O)c1cc[nH]c(=O)c1)CCC2. The maximum atomic E-state index is 12.7. The fourth-order valence-electron chi connectivity index (χ4n) is 2.72. The Morgan fingerprint density at radius 2 is 2.19 bits per heavy atom. The molecule has 1 N–H and O–H groups in total. The first kappa shape index (κ1) is 13.4. The molecule has 108 valence electrons. The van der Waals surface area contributed by atoms with Crippen molar-refractivity contribution in [1.82, 2.24) is 4.98 Å². The number of hydrogen-bond acceptors (Lipinski definition) is 3. The molecule has 0 unspecified atom stereocenters. The van der Waals surface area contributed by atoms with E-state index in [1.807, 2.05) is 18.2 Å². The van der Waals surface area contributed by atoms with Crippen LogP contribution in [0.4, 0.5) is 5.69 Å². The molecule has 1 aromatic carbocycles. The fourth-order valence-corrected chi connectivity index (χ4v) is 2.72. The topological polar surface area (TPSA) is 62.4 Å². The molecule has 2 aromatic rings. The number of para-hydroxylation sites is 1. The number of ether oxygens (including phenoxy) is 1. The number of amides is 1. The van der Waals surface area contributed by atoms with Gasteiger partial charge in [-0.25, -0.2) is 0 Å². The second-order valence-electron chi connectivity index (χ2n) is 4.97. The zero-order chi connectivity index (χ0) is 14.8. The van der Waals surface area contributed by atoms with Gasteiger partial charge in [0.1, 0.15) is 5.75 Å². The van der Waals surface area contributed by atoms with E-state index in [9.17, 15) is 9.59 Å². The van der Waals surface area contributed by atoms with E-state index in [2.05, 4.69) is 4.98 Å². The van der Waals surface area contributed by atoms with Crippen molar-refractivity contribution >= 4 is 11.6 Å². The van der Waals surface area contributed by atoms with Gasteiger partial charge in [-0.1, -0.05) is 12.1 Å². The number of hydrogen-bond donors (Lipinski definition) is 1. The van der Waals surface area contributed by atoms with E-state index in [1.165, 1.54) is 12.3 Å². The predicted molar refractivity (Wildman–Crippen MR) is 80.1 cm³/mol. The molecule has 0 saturated heterocycles. The number of aromatic nitrogens is 1. The third-order valence-corrected chi connectivity index (χ3v) is 3.67. The van der Waals surface area contributed by atoms with Gasteiger partial charge in [-0.3, -0.25) is 9.59 Å². The Hall–Kier alpha value is -2.56. The van der Waals surface area contributed by atoms with Gasteiger partial charge in [0.05, 0.1) is 12.8 Å². The molecule has 2 heterocycles. The van der Waals surface area contributed by atoms with Crippen LogP contribution in [-0.4, -0.2) is 24.5 Å². The van der Waals surface area contributed by atoms with Gasteiger partial charge in [0.25, 0.3) is 5.91 Å². The second-order valence-corrected chi connectivity index (χ2v) is 4.97. The van der Waals surface area contributed by atoms with E-state index in [1.54, 1.807) is 18.1 Å². The third-order valence-electron chi connectivity index (χ3n) is 3.67. The van der Waals surface area contributed by atoms with Crippen molar-refractivity contribution < 1.29 is 9.53 Å². The molecule has 5 heteroatoms. The number of aryl methyl sites for hydroxylation is 1. The van der Waals surface area contributed by atoms with Crippen molar-refractivity contribution in [3.8, 4) is 5.75 Å². The Labute approximate surface area is 122 Å². The lowest BCUT2D eigenvalue weighted by molar-refractivity contribution is 0.0984. The summed E-state index contributed by atoms with van der Waals surface area (Å²) in [4.78, 5) is 28.3. The summed E-state index contributed by atoms with van der Waals surface area (Å²) in [5, 5.41) is 0. The lowest BCUT2D eigenvalue weighted by Gasteiger charge is -2.30. The van der Waals surface area contributed by atoms with Crippen LogP contribution in [0.15, 0.2) is 41.3 Å². The number of aromatic amines is 1. The molecule has 1 aliphatic rings. The lowest BCUT2D eigenvalue weighted by Crippen LogP contribution is -2.36. The zero-order valence-corrected chi connectivity index (χ0v) is 11.8. The molecule has 1 aliphatic heterocycles. The predicted octanol–water partition coefficient (Wildman–Crippen LogP) is 1.98. The van der Waals surface area contributed by atoms with Crippen LogP contribution in [0.5, 0.6) is 5.75 Å². The summed E-state index contributed by atoms with van der Waals surface area (Å²) < 4.78 is 5.39. The van der Waals surface area contributed by atoms with Crippen LogP contribution < -0.4 is 15.2 Å². The minimum atomic E-state index is -0.280. The van der Waals surface area contributed by atoms with Crippen molar-refractivity contribution in [2.75, 3.05) is 18.6 Å². The van der Waals surface area contributed by atoms with Gasteiger partial charge >= 0.3 is 0 Å². The molecule has 0 spiro atoms. The maximum absolute atomic E-state index is 12.7. The van der Waals surface area contributed by atoms with Crippen LogP contribution in [0.25, 0.3) is 0 Å². The summed E-state index contributed by atoms with van der Waals surface area (Å²) in [5.41, 5.74) is 2.02. The number of pyridine rings is 1. The minimum Gasteiger partial charge on any atom is -0.495 e. The number of benzene rings is 1. The number of H-pyrrole nitrogens is 1. The molecule has 0 radical (unpaired) electrons. The Bertz CT molecular complexity index is 722. The molecule has 3 rings (SSSR count). The molecule has 0 saturated carbocycles. The van der Waals surface area contributed by atoms with Gasteiger partial charge in [0.2, 0.25) is 5.56 Å². The first-order chi connectivity index (χ1) is 10.2. The summed E-state index contributed by atoms with van der Waals surface area (Å²) >= 11 is 0. The summed E-state index contributed by atoms with van der Waals surface area (Å²) in [6, 6.07) is 8.73. The number of carbonyl (C=O) groups is 1. The average molecular weight is 284 g/mol. The van der Waals surface area contributed by atoms with Crippen LogP contribution >= 0.6 is 0 Å². The molecule has 0 aliphatic carbocycles. The van der Waals surface area contributed by atoms with E-state index in [4.69, 9.17) is 4.74 Å². The van der Waals surface area contributed by atoms with Crippen molar-refractivity contribution in [1.29, 1.82) is 0 Å². The van der Waals surface area contributed by atoms with Gasteiger partial charge < -0.3 is 14.6 Å². The molecule has 5 nitrogen and oxygen atoms in total. The largest absolute Gasteiger partial charge is 0.495 e. The minimum absolute atomic E-state index is 0.174. The molecule has 21 heavy (non-hydrogen) atoms. The Kier molecular flexibility index (Phi) is 3.48. The second kappa shape index (κ2) is 5.44. The number of nitrogens with one attached hydrogen (secondary N) is 1. The molecule has 0 fully saturated rings. The first-order valence-electron chi connectivity index (χ1n) is 6.87. The highest BCUT2D eigenvalue weighted by molar-refractivity contribution is 6.07. The summed E-state index contributed by atoms with van der Waals surface area (Å²) in [5.74, 6) is 0.511. The molecular formula is C16H16N2O3. The summed E-state index contributed by atoms with van der Waals surface area (Å²) in [7, 11) is 1.60. The van der Waals surface area contributed by atoms with Gasteiger partial charge in [0, 0.05) is 24.4 Å². The van der Waals surface area contributed by atoms with Crippen LogP contribution in [0.1, 0.15) is 22.3 Å². The van der Waals surface area contributed by atoms with E-state index >= 15 is 0 Å². The molecule has 1 amide bonds. The van der Waals surface area contributed by atoms with Crippen LogP contribution in [0.3, 0.4) is 0 Å². The maximum Gasteiger partial charge on any atom is 0.258 e. The summed E-state index contributed by atoms with van der Waals surface area (Å²) in [6.45, 7) is 0.624. The Morgan fingerprint density at radius 3 is 2.95 bits per heavy atom. The van der Waals surface area contributed by atoms with Crippen LogP contribution in [0.2, 0.25) is 0 Å². The van der Waals surface area contributed by atoms with Crippen molar-refractivity contribution in [3.63, 3.8) is 0 Å². The molecule has 1 aromatic heterocycles. The standard InChI is InChI=1S/C16H16N2O3/c1-21-13-6-2-4-11-5-3-9-18(15(11)13)16(20)12-7-8-17-14(19)10-12/h2,4,6-8,10H,3,5,9H2,1H3,(H,17,19). The van der Waals surface area contributed by atoms with E-state index in [0.717, 1.165) is 24.1 Å². The smallest absolute Gasteiger partial charge is 0.258 e. The van der Waals surface area contributed by atoms with Crippen LogP contribution in [-0.2, 0) is 6.42 Å². The average Bonchev–Trinajstić information content (AvgIpc) is 2.53. The molecular weight excluding hydrogens is 268 g/mol. The zero-order valence-electron chi connectivity index (χ0n) is 11.8. The fraction of sp³-hybridized carbons (Fsp3) is 0.250. The van der Waals surface area contributed by atoms with Gasteiger partial charge in [-0.05, 0) is 30.5 Å². The monoisotopic (exact) mass is 284 g/mol. The Morgan fingerprint density at radius 1 is 1.33 bits per heavy atom. The molecule has 0 atom stereocenters. The highest BCUT2D eigenvalue weighted by Crippen LogP contribution is 2.36. The van der Waals surface area contributed by atoms with Crippen molar-refractivity contribution in [2.24, 2.45) is 0 Å². The quantitative estimate of drug-likeness (QED) is 0.917. The van der Waals surface area contributed by atoms with Crippen LogP contribution in [0, 0.1) is 0 Å². The van der Waals surface area contributed by atoms with Gasteiger partial charge in [-0.15, -0.1) is 0 Å². The number of nitrogens with zero attached hydrogens (tertiary/aromatic N) is 1. The molecule has 0 bridgehead atoms. The number of rotatable bonds is 2. The Balaban J connectivity index is 2.06. The summed E-state index contributed by atoms with van der Waals surface area (Å²) in [6.07, 6.45) is 3.31. The van der Waals surface area contributed by atoms with Gasteiger partial charge in [-0.2, -0.15) is 0 Å². The lowest BCUT2D eigenvalue weighted by atomic mass is 10.00. The highest BCUT2D eigenvalue weighted by Gasteiger charge is 2.26. The first-order valence-corrected chi connectivity index (χ1v) is 6.87. The van der Waals surface area contributed by atoms with Crippen molar-refractivity contribution in [2.45, 2.75) is 12.8 Å². The van der Waals surface area contributed by atoms with Crippen molar-refractivity contribution in [3.05, 3.63) is 58.0 Å². The number of anilines is 1. The highest BCUT2D eigenvalue weighted by atomic mass is 16.5. The normalized spacial score (nSPS) is 13.7. The number of fused-ring (bicyclic) bond motifs is 1. The number of carbonyl (C=O) groups excluding carboxylic acids is 1. The van der Waals surface area contributed by atoms with E-state index in [0.29, 0.717) is 17.9 Å². The third kappa shape index (κ3) is 2.42.